The van der Waals surface area contributed by atoms with Crippen LogP contribution in [0.1, 0.15) is 25.5 Å². The molecule has 2 unspecified atom stereocenters. The molecule has 120 valence electrons. The van der Waals surface area contributed by atoms with Crippen molar-refractivity contribution in [1.82, 2.24) is 4.90 Å². The van der Waals surface area contributed by atoms with Crippen LogP contribution in [0.3, 0.4) is 0 Å². The molecule has 0 aliphatic heterocycles. The summed E-state index contributed by atoms with van der Waals surface area (Å²) in [4.78, 5) is 2.32. The molecule has 1 rings (SSSR count). The quantitative estimate of drug-likeness (QED) is 0.756. The van der Waals surface area contributed by atoms with Gasteiger partial charge in [0.05, 0.1) is 26.9 Å². The van der Waals surface area contributed by atoms with Crippen molar-refractivity contribution in [2.75, 3.05) is 41.0 Å². The van der Waals surface area contributed by atoms with E-state index in [0.717, 1.165) is 23.6 Å². The van der Waals surface area contributed by atoms with E-state index >= 15 is 0 Å². The van der Waals surface area contributed by atoms with E-state index in [0.29, 0.717) is 13.2 Å². The maximum atomic E-state index is 6.05. The van der Waals surface area contributed by atoms with Crippen molar-refractivity contribution in [2.45, 2.75) is 25.9 Å². The fraction of sp³-hybridized carbons (Fsp3) is 0.625. The standard InChI is InChI=1S/C16H28N2O3/c1-6-18(12(2)11-19-3)15(10-17)14-9-13(20-4)7-8-16(14)21-5/h7-9,12,15H,6,10-11,17H2,1-5H3. The summed E-state index contributed by atoms with van der Waals surface area (Å²) >= 11 is 0. The van der Waals surface area contributed by atoms with E-state index in [1.807, 2.05) is 18.2 Å². The third kappa shape index (κ3) is 4.33. The van der Waals surface area contributed by atoms with E-state index in [1.165, 1.54) is 0 Å². The molecule has 2 N–H and O–H groups in total. The average Bonchev–Trinajstić information content (AvgIpc) is 2.51. The van der Waals surface area contributed by atoms with Gasteiger partial charge in [-0.05, 0) is 31.7 Å². The van der Waals surface area contributed by atoms with Gasteiger partial charge in [-0.2, -0.15) is 0 Å². The van der Waals surface area contributed by atoms with E-state index in [4.69, 9.17) is 19.9 Å². The van der Waals surface area contributed by atoms with Crippen LogP contribution in [0.15, 0.2) is 18.2 Å². The second kappa shape index (κ2) is 8.87. The molecule has 2 atom stereocenters. The number of ether oxygens (including phenoxy) is 3. The fourth-order valence-electron chi connectivity index (χ4n) is 2.72. The Hall–Kier alpha value is -1.30. The molecule has 1 aromatic carbocycles. The average molecular weight is 296 g/mol. The summed E-state index contributed by atoms with van der Waals surface area (Å²) in [5.41, 5.74) is 7.10. The van der Waals surface area contributed by atoms with Gasteiger partial charge in [0, 0.05) is 25.3 Å². The Morgan fingerprint density at radius 3 is 2.38 bits per heavy atom. The summed E-state index contributed by atoms with van der Waals surface area (Å²) in [5, 5.41) is 0. The number of nitrogens with two attached hydrogens (primary N) is 1. The zero-order valence-electron chi connectivity index (χ0n) is 13.8. The number of likely N-dealkylation sites (N-methyl/N-ethyl adjacent to an activating group) is 1. The number of hydrogen-bond donors (Lipinski definition) is 1. The molecule has 0 amide bonds. The molecule has 0 fully saturated rings. The Bertz CT molecular complexity index is 426. The van der Waals surface area contributed by atoms with Crippen molar-refractivity contribution in [3.8, 4) is 11.5 Å². The molecule has 5 nitrogen and oxygen atoms in total. The molecule has 5 heteroatoms. The van der Waals surface area contributed by atoms with E-state index in [1.54, 1.807) is 21.3 Å². The highest BCUT2D eigenvalue weighted by Crippen LogP contribution is 2.33. The van der Waals surface area contributed by atoms with E-state index in [2.05, 4.69) is 18.7 Å². The van der Waals surface area contributed by atoms with Gasteiger partial charge in [-0.3, -0.25) is 4.90 Å². The molecule has 0 saturated heterocycles. The first-order valence-corrected chi connectivity index (χ1v) is 7.29. The Morgan fingerprint density at radius 1 is 1.19 bits per heavy atom. The van der Waals surface area contributed by atoms with Crippen LogP contribution in [-0.2, 0) is 4.74 Å². The lowest BCUT2D eigenvalue weighted by Crippen LogP contribution is -2.42. The third-order valence-corrected chi connectivity index (χ3v) is 3.76. The lowest BCUT2D eigenvalue weighted by Gasteiger charge is -2.35. The molecule has 0 aliphatic rings. The van der Waals surface area contributed by atoms with E-state index < -0.39 is 0 Å². The summed E-state index contributed by atoms with van der Waals surface area (Å²) in [7, 11) is 5.05. The van der Waals surface area contributed by atoms with Crippen LogP contribution in [-0.4, -0.2) is 52.0 Å². The number of nitrogens with zero attached hydrogens (tertiary/aromatic N) is 1. The van der Waals surface area contributed by atoms with Crippen molar-refractivity contribution < 1.29 is 14.2 Å². The van der Waals surface area contributed by atoms with Crippen molar-refractivity contribution in [1.29, 1.82) is 0 Å². The predicted octanol–water partition coefficient (Wildman–Crippen LogP) is 2.06. The zero-order chi connectivity index (χ0) is 15.8. The second-order valence-corrected chi connectivity index (χ2v) is 4.99. The minimum Gasteiger partial charge on any atom is -0.497 e. The molecule has 1 aromatic rings. The van der Waals surface area contributed by atoms with Gasteiger partial charge in [0.15, 0.2) is 0 Å². The van der Waals surface area contributed by atoms with Crippen LogP contribution in [0, 0.1) is 0 Å². The molecule has 0 heterocycles. The van der Waals surface area contributed by atoms with Gasteiger partial charge in [0.1, 0.15) is 11.5 Å². The van der Waals surface area contributed by atoms with Crippen molar-refractivity contribution in [3.63, 3.8) is 0 Å². The molecule has 0 bridgehead atoms. The molecule has 0 saturated carbocycles. The van der Waals surface area contributed by atoms with Crippen molar-refractivity contribution >= 4 is 0 Å². The Morgan fingerprint density at radius 2 is 1.90 bits per heavy atom. The van der Waals surface area contributed by atoms with E-state index in [-0.39, 0.29) is 12.1 Å². The first-order valence-electron chi connectivity index (χ1n) is 7.29. The summed E-state index contributed by atoms with van der Waals surface area (Å²) in [6.45, 7) is 6.32. The summed E-state index contributed by atoms with van der Waals surface area (Å²) in [6, 6.07) is 6.14. The van der Waals surface area contributed by atoms with Gasteiger partial charge in [-0.1, -0.05) is 6.92 Å². The molecule has 0 spiro atoms. The van der Waals surface area contributed by atoms with Gasteiger partial charge in [0.25, 0.3) is 0 Å². The summed E-state index contributed by atoms with van der Waals surface area (Å²) in [5.74, 6) is 1.63. The van der Waals surface area contributed by atoms with Crippen LogP contribution in [0.25, 0.3) is 0 Å². The Balaban J connectivity index is 3.17. The van der Waals surface area contributed by atoms with E-state index in [9.17, 15) is 0 Å². The lowest BCUT2D eigenvalue weighted by atomic mass is 10.0. The molecule has 0 aliphatic carbocycles. The zero-order valence-corrected chi connectivity index (χ0v) is 13.8. The van der Waals surface area contributed by atoms with Gasteiger partial charge < -0.3 is 19.9 Å². The van der Waals surface area contributed by atoms with Gasteiger partial charge in [0.2, 0.25) is 0 Å². The molecular formula is C16H28N2O3. The van der Waals surface area contributed by atoms with Crippen molar-refractivity contribution in [3.05, 3.63) is 23.8 Å². The number of methoxy groups -OCH3 is 3. The number of rotatable bonds is 9. The highest BCUT2D eigenvalue weighted by molar-refractivity contribution is 5.42. The smallest absolute Gasteiger partial charge is 0.123 e. The topological polar surface area (TPSA) is 57.0 Å². The maximum absolute atomic E-state index is 6.05. The second-order valence-electron chi connectivity index (χ2n) is 4.99. The first-order chi connectivity index (χ1) is 10.1. The monoisotopic (exact) mass is 296 g/mol. The van der Waals surface area contributed by atoms with Crippen molar-refractivity contribution in [2.24, 2.45) is 5.73 Å². The third-order valence-electron chi connectivity index (χ3n) is 3.76. The molecule has 0 radical (unpaired) electrons. The molecule has 21 heavy (non-hydrogen) atoms. The van der Waals surface area contributed by atoms with Crippen LogP contribution in [0.4, 0.5) is 0 Å². The number of hydrogen-bond acceptors (Lipinski definition) is 5. The SMILES string of the molecule is CCN(C(C)COC)C(CN)c1cc(OC)ccc1OC. The van der Waals surface area contributed by atoms with Gasteiger partial charge >= 0.3 is 0 Å². The highest BCUT2D eigenvalue weighted by atomic mass is 16.5. The highest BCUT2D eigenvalue weighted by Gasteiger charge is 2.25. The summed E-state index contributed by atoms with van der Waals surface area (Å²) < 4.78 is 16.1. The maximum Gasteiger partial charge on any atom is 0.123 e. The molecule has 0 aromatic heterocycles. The van der Waals surface area contributed by atoms with Gasteiger partial charge in [-0.25, -0.2) is 0 Å². The minimum absolute atomic E-state index is 0.0604. The predicted molar refractivity (Wildman–Crippen MR) is 85.1 cm³/mol. The van der Waals surface area contributed by atoms with Crippen LogP contribution in [0.5, 0.6) is 11.5 Å². The Kier molecular flexibility index (Phi) is 7.50. The molecular weight excluding hydrogens is 268 g/mol. The first kappa shape index (κ1) is 17.8. The van der Waals surface area contributed by atoms with Gasteiger partial charge in [-0.15, -0.1) is 0 Å². The summed E-state index contributed by atoms with van der Waals surface area (Å²) in [6.07, 6.45) is 0. The number of benzene rings is 1. The van der Waals surface area contributed by atoms with Crippen LogP contribution >= 0.6 is 0 Å². The van der Waals surface area contributed by atoms with Crippen LogP contribution in [0.2, 0.25) is 0 Å². The Labute approximate surface area is 128 Å². The normalized spacial score (nSPS) is 14.0. The lowest BCUT2D eigenvalue weighted by molar-refractivity contribution is 0.0742. The fourth-order valence-corrected chi connectivity index (χ4v) is 2.72. The minimum atomic E-state index is 0.0604. The largest absolute Gasteiger partial charge is 0.497 e. The van der Waals surface area contributed by atoms with Crippen LogP contribution < -0.4 is 15.2 Å².